The molecule has 1 amide bonds. The second-order valence-corrected chi connectivity index (χ2v) is 12.5. The lowest BCUT2D eigenvalue weighted by Gasteiger charge is -2.34. The van der Waals surface area contributed by atoms with Crippen LogP contribution in [0.5, 0.6) is 5.75 Å². The van der Waals surface area contributed by atoms with Crippen molar-refractivity contribution < 1.29 is 33.7 Å². The van der Waals surface area contributed by atoms with Gasteiger partial charge in [-0.1, -0.05) is 0 Å². The Morgan fingerprint density at radius 1 is 0.829 bits per heavy atom. The van der Waals surface area contributed by atoms with E-state index in [0.717, 1.165) is 0 Å². The smallest absolute Gasteiger partial charge is 0.429 e. The summed E-state index contributed by atoms with van der Waals surface area (Å²) in [6, 6.07) is 0. The molecule has 0 unspecified atom stereocenters. The van der Waals surface area contributed by atoms with Gasteiger partial charge in [-0.3, -0.25) is 9.80 Å². The molecule has 0 atom stereocenters. The van der Waals surface area contributed by atoms with Crippen LogP contribution < -0.4 is 5.01 Å². The number of hydrogen-bond acceptors (Lipinski definition) is 8. The van der Waals surface area contributed by atoms with Crippen LogP contribution in [0.15, 0.2) is 6.20 Å². The number of nitrogens with zero attached hydrogens (tertiary/aromatic N) is 3. The Balaban J connectivity index is 2.40. The van der Waals surface area contributed by atoms with Crippen LogP contribution in [0.3, 0.4) is 0 Å². The van der Waals surface area contributed by atoms with E-state index < -0.39 is 34.4 Å². The number of rotatable bonds is 4. The summed E-state index contributed by atoms with van der Waals surface area (Å²) in [5, 5.41) is 13.6. The van der Waals surface area contributed by atoms with Gasteiger partial charge in [-0.2, -0.15) is 0 Å². The maximum atomic E-state index is 13.1. The standard InChI is InChI=1S/C25H41N3O7/c1-22(2,3)33-19(30)25(10,11)12-13-27-18-16(14-28(27)21(32)35-24(7,8)9)26(15-17(18)29)20(31)34-23(4,5)6/h15,29H,12-14H2,1-11H3. The van der Waals surface area contributed by atoms with E-state index in [0.29, 0.717) is 17.8 Å². The van der Waals surface area contributed by atoms with Crippen LogP contribution in [-0.4, -0.2) is 56.2 Å². The lowest BCUT2D eigenvalue weighted by atomic mass is 9.89. The molecular formula is C25H41N3O7. The first-order valence-electron chi connectivity index (χ1n) is 11.8. The Kier molecular flexibility index (Phi) is 7.51. The summed E-state index contributed by atoms with van der Waals surface area (Å²) >= 11 is 0. The normalized spacial score (nSPS) is 14.6. The van der Waals surface area contributed by atoms with E-state index in [1.54, 1.807) is 81.2 Å². The first-order valence-corrected chi connectivity index (χ1v) is 11.8. The summed E-state index contributed by atoms with van der Waals surface area (Å²) in [5.74, 6) is -0.559. The second-order valence-electron chi connectivity index (χ2n) is 12.5. The zero-order valence-electron chi connectivity index (χ0n) is 22.9. The molecule has 0 radical (unpaired) electrons. The number of carbonyl (C=O) groups excluding carboxylic acids is 3. The summed E-state index contributed by atoms with van der Waals surface area (Å²) in [6.07, 6.45) is 0.266. The number of aromatic hydroxyl groups is 1. The lowest BCUT2D eigenvalue weighted by Crippen LogP contribution is -2.47. The molecule has 0 aliphatic carbocycles. The van der Waals surface area contributed by atoms with Crippen molar-refractivity contribution in [1.29, 1.82) is 0 Å². The van der Waals surface area contributed by atoms with Crippen LogP contribution in [-0.2, 0) is 25.5 Å². The fourth-order valence-electron chi connectivity index (χ4n) is 3.39. The average Bonchev–Trinajstić information content (AvgIpc) is 3.13. The molecular weight excluding hydrogens is 454 g/mol. The Morgan fingerprint density at radius 2 is 1.31 bits per heavy atom. The van der Waals surface area contributed by atoms with Gasteiger partial charge in [0.15, 0.2) is 5.75 Å². The number of fused-ring (bicyclic) bond motifs is 1. The molecule has 0 saturated heterocycles. The van der Waals surface area contributed by atoms with E-state index in [4.69, 9.17) is 14.2 Å². The molecule has 10 nitrogen and oxygen atoms in total. The van der Waals surface area contributed by atoms with Gasteiger partial charge in [0.1, 0.15) is 22.5 Å². The second kappa shape index (κ2) is 9.28. The SMILES string of the molecule is CC(C)(C)OC(=O)N1Cc2c(c(O)cn2C(=O)OC(C)(C)C)N1CCC(C)(C)C(=O)OC(C)(C)C. The Morgan fingerprint density at radius 3 is 1.80 bits per heavy atom. The topological polar surface area (TPSA) is 111 Å². The Labute approximate surface area is 208 Å². The number of esters is 1. The van der Waals surface area contributed by atoms with E-state index in [1.165, 1.54) is 15.8 Å². The van der Waals surface area contributed by atoms with E-state index in [9.17, 15) is 19.5 Å². The van der Waals surface area contributed by atoms with Gasteiger partial charge < -0.3 is 19.3 Å². The average molecular weight is 496 g/mol. The number of hydrogen-bond donors (Lipinski definition) is 1. The molecule has 1 aromatic rings. The van der Waals surface area contributed by atoms with Gasteiger partial charge >= 0.3 is 18.2 Å². The fraction of sp³-hybridized carbons (Fsp3) is 0.720. The largest absolute Gasteiger partial charge is 0.504 e. The third kappa shape index (κ3) is 7.29. The minimum atomic E-state index is -0.876. The van der Waals surface area contributed by atoms with Crippen molar-refractivity contribution in [3.8, 4) is 5.75 Å². The number of hydrazine groups is 1. The Hall–Kier alpha value is -2.91. The van der Waals surface area contributed by atoms with Gasteiger partial charge in [-0.05, 0) is 82.6 Å². The zero-order valence-corrected chi connectivity index (χ0v) is 22.9. The molecule has 1 aromatic heterocycles. The van der Waals surface area contributed by atoms with E-state index in [-0.39, 0.29) is 24.8 Å². The highest BCUT2D eigenvalue weighted by Gasteiger charge is 2.42. The van der Waals surface area contributed by atoms with Crippen LogP contribution in [0, 0.1) is 5.41 Å². The molecule has 0 fully saturated rings. The highest BCUT2D eigenvalue weighted by Crippen LogP contribution is 2.42. The quantitative estimate of drug-likeness (QED) is 0.448. The van der Waals surface area contributed by atoms with Crippen molar-refractivity contribution in [2.24, 2.45) is 5.41 Å². The first kappa shape index (κ1) is 28.3. The van der Waals surface area contributed by atoms with Gasteiger partial charge in [-0.25, -0.2) is 19.2 Å². The summed E-state index contributed by atoms with van der Waals surface area (Å²) in [7, 11) is 0. The number of carbonyl (C=O) groups is 3. The summed E-state index contributed by atoms with van der Waals surface area (Å²) in [6.45, 7) is 19.6. The number of aromatic nitrogens is 1. The number of amides is 1. The lowest BCUT2D eigenvalue weighted by molar-refractivity contribution is -0.165. The molecule has 10 heteroatoms. The molecule has 35 heavy (non-hydrogen) atoms. The molecule has 1 N–H and O–H groups in total. The van der Waals surface area contributed by atoms with Gasteiger partial charge in [0.05, 0.1) is 23.9 Å². The van der Waals surface area contributed by atoms with Crippen LogP contribution in [0.1, 0.15) is 88.3 Å². The number of ether oxygens (including phenoxy) is 3. The van der Waals surface area contributed by atoms with Crippen molar-refractivity contribution in [3.63, 3.8) is 0 Å². The van der Waals surface area contributed by atoms with Crippen molar-refractivity contribution in [3.05, 3.63) is 11.9 Å². The maximum Gasteiger partial charge on any atom is 0.429 e. The number of anilines is 1. The van der Waals surface area contributed by atoms with Crippen LogP contribution in [0.4, 0.5) is 15.3 Å². The third-order valence-electron chi connectivity index (χ3n) is 5.00. The molecule has 0 bridgehead atoms. The minimum Gasteiger partial charge on any atom is -0.504 e. The fourth-order valence-corrected chi connectivity index (χ4v) is 3.39. The minimum absolute atomic E-state index is 0.0169. The Bertz CT molecular complexity index is 975. The molecule has 0 spiro atoms. The van der Waals surface area contributed by atoms with Gasteiger partial charge in [-0.15, -0.1) is 0 Å². The molecule has 1 aliphatic heterocycles. The van der Waals surface area contributed by atoms with E-state index in [2.05, 4.69) is 0 Å². The van der Waals surface area contributed by atoms with Gasteiger partial charge in [0.25, 0.3) is 0 Å². The third-order valence-corrected chi connectivity index (χ3v) is 5.00. The van der Waals surface area contributed by atoms with Gasteiger partial charge in [0.2, 0.25) is 0 Å². The first-order chi connectivity index (χ1) is 15.6. The summed E-state index contributed by atoms with van der Waals surface area (Å²) in [4.78, 5) is 38.6. The van der Waals surface area contributed by atoms with Crippen LogP contribution >= 0.6 is 0 Å². The molecule has 0 saturated carbocycles. The maximum absolute atomic E-state index is 13.1. The molecule has 2 heterocycles. The summed E-state index contributed by atoms with van der Waals surface area (Å²) < 4.78 is 17.8. The predicted molar refractivity (Wildman–Crippen MR) is 131 cm³/mol. The molecule has 1 aliphatic rings. The van der Waals surface area contributed by atoms with Gasteiger partial charge in [0, 0.05) is 6.54 Å². The van der Waals surface area contributed by atoms with Crippen LogP contribution in [0.25, 0.3) is 0 Å². The highest BCUT2D eigenvalue weighted by atomic mass is 16.6. The molecule has 0 aromatic carbocycles. The van der Waals surface area contributed by atoms with E-state index >= 15 is 0 Å². The predicted octanol–water partition coefficient (Wildman–Crippen LogP) is 5.21. The zero-order chi connectivity index (χ0) is 27.1. The van der Waals surface area contributed by atoms with E-state index in [1.807, 2.05) is 0 Å². The van der Waals surface area contributed by atoms with Crippen molar-refractivity contribution in [2.75, 3.05) is 11.6 Å². The monoisotopic (exact) mass is 495 g/mol. The summed E-state index contributed by atoms with van der Waals surface area (Å²) in [5.41, 5.74) is -2.34. The molecule has 198 valence electrons. The molecule has 2 rings (SSSR count). The van der Waals surface area contributed by atoms with Crippen molar-refractivity contribution in [1.82, 2.24) is 9.58 Å². The van der Waals surface area contributed by atoms with Crippen molar-refractivity contribution in [2.45, 2.75) is 106 Å². The van der Waals surface area contributed by atoms with Crippen LogP contribution in [0.2, 0.25) is 0 Å². The highest BCUT2D eigenvalue weighted by molar-refractivity contribution is 5.82. The van der Waals surface area contributed by atoms with Crippen molar-refractivity contribution >= 4 is 23.8 Å².